The third-order valence-corrected chi connectivity index (χ3v) is 0.607. The molecule has 0 amide bonds. The summed E-state index contributed by atoms with van der Waals surface area (Å²) in [6.45, 7) is 0. The van der Waals surface area contributed by atoms with Crippen molar-refractivity contribution < 1.29 is 5.21 Å². The molecule has 0 heterocycles. The minimum atomic E-state index is -0.750. The summed E-state index contributed by atoms with van der Waals surface area (Å²) in [5.74, 6) is 0. The lowest BCUT2D eigenvalue weighted by Gasteiger charge is -1.95. The minimum absolute atomic E-state index is 0.00694. The number of nitrogens with one attached hydrogen (secondary N) is 1. The van der Waals surface area contributed by atoms with Gasteiger partial charge in [-0.2, -0.15) is 16.0 Å². The van der Waals surface area contributed by atoms with Gasteiger partial charge in [0.1, 0.15) is 6.04 Å². The van der Waals surface area contributed by atoms with E-state index in [1.165, 1.54) is 0 Å². The minimum Gasteiger partial charge on any atom is -0.315 e. The smallest absolute Gasteiger partial charge is 0.131 e. The average molecular weight is 111 g/mol. The Hall–Kier alpha value is -1.10. The highest BCUT2D eigenvalue weighted by molar-refractivity contribution is 4.93. The van der Waals surface area contributed by atoms with Crippen LogP contribution < -0.4 is 5.48 Å². The molecule has 1 atom stereocenters. The van der Waals surface area contributed by atoms with Crippen LogP contribution in [0.2, 0.25) is 0 Å². The Morgan fingerprint density at radius 3 is 2.38 bits per heavy atom. The Labute approximate surface area is 46.9 Å². The summed E-state index contributed by atoms with van der Waals surface area (Å²) < 4.78 is 0. The highest BCUT2D eigenvalue weighted by atomic mass is 16.5. The molecule has 4 heteroatoms. The second-order valence-corrected chi connectivity index (χ2v) is 1.17. The van der Waals surface area contributed by atoms with Crippen molar-refractivity contribution in [1.29, 1.82) is 10.5 Å². The lowest BCUT2D eigenvalue weighted by atomic mass is 10.3. The first-order valence-electron chi connectivity index (χ1n) is 2.01. The van der Waals surface area contributed by atoms with E-state index in [1.54, 1.807) is 17.6 Å². The molecule has 0 aromatic rings. The number of nitriles is 2. The van der Waals surface area contributed by atoms with E-state index in [0.29, 0.717) is 0 Å². The first-order valence-corrected chi connectivity index (χ1v) is 2.01. The van der Waals surface area contributed by atoms with E-state index < -0.39 is 6.04 Å². The lowest BCUT2D eigenvalue weighted by molar-refractivity contribution is 0.147. The van der Waals surface area contributed by atoms with Gasteiger partial charge in [0, 0.05) is 0 Å². The van der Waals surface area contributed by atoms with Crippen molar-refractivity contribution in [3.05, 3.63) is 0 Å². The fourth-order valence-corrected chi connectivity index (χ4v) is 0.211. The van der Waals surface area contributed by atoms with Crippen molar-refractivity contribution in [3.8, 4) is 12.1 Å². The fourth-order valence-electron chi connectivity index (χ4n) is 0.211. The van der Waals surface area contributed by atoms with Crippen molar-refractivity contribution in [2.75, 3.05) is 0 Å². The van der Waals surface area contributed by atoms with Gasteiger partial charge in [0.25, 0.3) is 0 Å². The van der Waals surface area contributed by atoms with E-state index in [0.717, 1.165) is 0 Å². The van der Waals surface area contributed by atoms with Crippen LogP contribution in [0.25, 0.3) is 0 Å². The van der Waals surface area contributed by atoms with Crippen molar-refractivity contribution in [2.24, 2.45) is 0 Å². The largest absolute Gasteiger partial charge is 0.315 e. The molecule has 0 aliphatic carbocycles. The molecule has 0 aliphatic heterocycles. The fraction of sp³-hybridized carbons (Fsp3) is 0.500. The molecule has 0 saturated carbocycles. The molecule has 0 aromatic heterocycles. The van der Waals surface area contributed by atoms with Crippen LogP contribution in [-0.4, -0.2) is 11.2 Å². The second-order valence-electron chi connectivity index (χ2n) is 1.17. The van der Waals surface area contributed by atoms with Crippen LogP contribution in [0.15, 0.2) is 0 Å². The highest BCUT2D eigenvalue weighted by Crippen LogP contribution is 1.83. The third kappa shape index (κ3) is 2.14. The molecular weight excluding hydrogens is 106 g/mol. The molecule has 0 rings (SSSR count). The Bertz CT molecular complexity index is 131. The van der Waals surface area contributed by atoms with Crippen molar-refractivity contribution in [2.45, 2.75) is 12.5 Å². The van der Waals surface area contributed by atoms with Crippen LogP contribution in [0, 0.1) is 22.7 Å². The Morgan fingerprint density at radius 1 is 1.62 bits per heavy atom. The average Bonchev–Trinajstić information content (AvgIpc) is 1.83. The van der Waals surface area contributed by atoms with Crippen LogP contribution in [0.1, 0.15) is 6.42 Å². The van der Waals surface area contributed by atoms with E-state index in [4.69, 9.17) is 15.7 Å². The summed E-state index contributed by atoms with van der Waals surface area (Å²) in [7, 11) is 0. The van der Waals surface area contributed by atoms with Crippen molar-refractivity contribution >= 4 is 0 Å². The predicted molar refractivity (Wildman–Crippen MR) is 24.6 cm³/mol. The Morgan fingerprint density at radius 2 is 2.25 bits per heavy atom. The highest BCUT2D eigenvalue weighted by Gasteiger charge is 2.00. The van der Waals surface area contributed by atoms with Gasteiger partial charge in [0.2, 0.25) is 0 Å². The number of hydrogen-bond acceptors (Lipinski definition) is 4. The molecule has 2 N–H and O–H groups in total. The van der Waals surface area contributed by atoms with Gasteiger partial charge in [-0.25, -0.2) is 0 Å². The topological polar surface area (TPSA) is 79.8 Å². The molecule has 0 aromatic carbocycles. The van der Waals surface area contributed by atoms with Crippen molar-refractivity contribution in [1.82, 2.24) is 5.48 Å². The molecule has 4 nitrogen and oxygen atoms in total. The van der Waals surface area contributed by atoms with Crippen molar-refractivity contribution in [3.63, 3.8) is 0 Å². The monoisotopic (exact) mass is 111 g/mol. The van der Waals surface area contributed by atoms with Gasteiger partial charge in [-0.3, -0.25) is 0 Å². The van der Waals surface area contributed by atoms with Gasteiger partial charge < -0.3 is 5.21 Å². The molecule has 0 saturated heterocycles. The Balaban J connectivity index is 3.45. The first kappa shape index (κ1) is 6.90. The summed E-state index contributed by atoms with van der Waals surface area (Å²) in [6.07, 6.45) is 0.00694. The number of hydrogen-bond donors (Lipinski definition) is 2. The number of rotatable bonds is 2. The molecule has 0 bridgehead atoms. The zero-order valence-corrected chi connectivity index (χ0v) is 4.13. The predicted octanol–water partition coefficient (Wildman–Crippen LogP) is -0.229. The summed E-state index contributed by atoms with van der Waals surface area (Å²) >= 11 is 0. The van der Waals surface area contributed by atoms with Gasteiger partial charge in [0.05, 0.1) is 18.6 Å². The maximum Gasteiger partial charge on any atom is 0.131 e. The quantitative estimate of drug-likeness (QED) is 0.482. The maximum atomic E-state index is 8.03. The maximum absolute atomic E-state index is 8.03. The lowest BCUT2D eigenvalue weighted by Crippen LogP contribution is -2.22. The van der Waals surface area contributed by atoms with E-state index in [1.807, 2.05) is 0 Å². The van der Waals surface area contributed by atoms with E-state index >= 15 is 0 Å². The van der Waals surface area contributed by atoms with Crippen LogP contribution in [0.3, 0.4) is 0 Å². The van der Waals surface area contributed by atoms with Crippen LogP contribution >= 0.6 is 0 Å². The molecule has 0 spiro atoms. The molecule has 0 fully saturated rings. The van der Waals surface area contributed by atoms with Crippen LogP contribution in [0.4, 0.5) is 0 Å². The zero-order valence-electron chi connectivity index (χ0n) is 4.13. The standard InChI is InChI=1S/C4H5N3O/c5-2-1-4(3-6)7-8/h4,7-8H,1H2. The van der Waals surface area contributed by atoms with Gasteiger partial charge in [0.15, 0.2) is 0 Å². The van der Waals surface area contributed by atoms with Gasteiger partial charge in [-0.05, 0) is 0 Å². The van der Waals surface area contributed by atoms with E-state index in [-0.39, 0.29) is 6.42 Å². The third-order valence-electron chi connectivity index (χ3n) is 0.607. The summed E-state index contributed by atoms with van der Waals surface area (Å²) in [5, 5.41) is 24.0. The molecular formula is C4H5N3O. The van der Waals surface area contributed by atoms with E-state index in [9.17, 15) is 0 Å². The number of nitrogens with zero attached hydrogens (tertiary/aromatic N) is 2. The second kappa shape index (κ2) is 4.07. The van der Waals surface area contributed by atoms with Gasteiger partial charge in [-0.1, -0.05) is 0 Å². The molecule has 1 unspecified atom stereocenters. The molecule has 8 heavy (non-hydrogen) atoms. The molecule has 42 valence electrons. The molecule has 0 aliphatic rings. The first-order chi connectivity index (χ1) is 3.85. The summed E-state index contributed by atoms with van der Waals surface area (Å²) in [6, 6.07) is 2.64. The van der Waals surface area contributed by atoms with Gasteiger partial charge in [-0.15, -0.1) is 0 Å². The normalized spacial score (nSPS) is 11.4. The Kier molecular flexibility index (Phi) is 3.51. The van der Waals surface area contributed by atoms with Crippen LogP contribution in [0.5, 0.6) is 0 Å². The van der Waals surface area contributed by atoms with Crippen LogP contribution in [-0.2, 0) is 0 Å². The van der Waals surface area contributed by atoms with E-state index in [2.05, 4.69) is 0 Å². The number of hydroxylamine groups is 1. The SMILES string of the molecule is N#CCC(C#N)NO. The zero-order chi connectivity index (χ0) is 6.41. The molecule has 0 radical (unpaired) electrons. The summed E-state index contributed by atoms with van der Waals surface area (Å²) in [4.78, 5) is 0. The van der Waals surface area contributed by atoms with Gasteiger partial charge >= 0.3 is 0 Å². The summed E-state index contributed by atoms with van der Waals surface area (Å²) in [5.41, 5.74) is 1.67.